The minimum Gasteiger partial charge on any atom is -0.478 e. The second-order valence-corrected chi connectivity index (χ2v) is 8.05. The zero-order chi connectivity index (χ0) is 21.3. The lowest BCUT2D eigenvalue weighted by molar-refractivity contribution is -0.128. The van der Waals surface area contributed by atoms with Gasteiger partial charge in [-0.15, -0.1) is 0 Å². The van der Waals surface area contributed by atoms with E-state index in [0.29, 0.717) is 23.0 Å². The van der Waals surface area contributed by atoms with Crippen LogP contribution in [0, 0.1) is 0 Å². The van der Waals surface area contributed by atoms with E-state index in [-0.39, 0.29) is 11.8 Å². The van der Waals surface area contributed by atoms with Gasteiger partial charge in [-0.25, -0.2) is 0 Å². The summed E-state index contributed by atoms with van der Waals surface area (Å²) >= 11 is 5.89. The monoisotopic (exact) mass is 420 g/mol. The molecule has 0 saturated carbocycles. The van der Waals surface area contributed by atoms with E-state index < -0.39 is 5.60 Å². The normalized spacial score (nSPS) is 13.2. The van der Waals surface area contributed by atoms with Gasteiger partial charge in [-0.2, -0.15) is 0 Å². The van der Waals surface area contributed by atoms with E-state index in [1.807, 2.05) is 36.4 Å². The Morgan fingerprint density at radius 3 is 2.33 bits per heavy atom. The van der Waals surface area contributed by atoms with Crippen LogP contribution in [0.15, 0.2) is 72.8 Å². The molecule has 0 aliphatic carbocycles. The molecule has 1 aliphatic rings. The number of amides is 2. The van der Waals surface area contributed by atoms with Crippen molar-refractivity contribution in [3.8, 4) is 5.75 Å². The molecule has 0 aromatic heterocycles. The second-order valence-electron chi connectivity index (χ2n) is 7.62. The minimum absolute atomic E-state index is 0.0140. The highest BCUT2D eigenvalue weighted by atomic mass is 35.5. The van der Waals surface area contributed by atoms with E-state index in [0.717, 1.165) is 16.8 Å². The summed E-state index contributed by atoms with van der Waals surface area (Å²) in [6.07, 6.45) is 0. The van der Waals surface area contributed by atoms with Crippen molar-refractivity contribution in [2.75, 3.05) is 10.2 Å². The Labute approximate surface area is 180 Å². The Morgan fingerprint density at radius 1 is 1.00 bits per heavy atom. The molecule has 0 fully saturated rings. The standard InChI is InChI=1S/C24H21ClN2O3/c1-24(2,30-20-13-7-17(25)8-14-20)23(29)26-18-9-11-19(12-10-18)27-15-16-5-3-4-6-21(16)22(27)28/h3-14H,15H2,1-2H3,(H,26,29). The van der Waals surface area contributed by atoms with Crippen molar-refractivity contribution in [2.45, 2.75) is 26.0 Å². The number of carbonyl (C=O) groups excluding carboxylic acids is 2. The highest BCUT2D eigenvalue weighted by Gasteiger charge is 2.31. The molecular formula is C24H21ClN2O3. The number of hydrogen-bond acceptors (Lipinski definition) is 3. The molecule has 0 bridgehead atoms. The Morgan fingerprint density at radius 2 is 1.67 bits per heavy atom. The Balaban J connectivity index is 1.43. The van der Waals surface area contributed by atoms with Crippen molar-refractivity contribution in [3.05, 3.63) is 88.9 Å². The molecule has 6 heteroatoms. The van der Waals surface area contributed by atoms with Gasteiger partial charge in [-0.3, -0.25) is 9.59 Å². The van der Waals surface area contributed by atoms with Gasteiger partial charge in [-0.05, 0) is 74.0 Å². The molecule has 30 heavy (non-hydrogen) atoms. The van der Waals surface area contributed by atoms with Crippen LogP contribution in [0.25, 0.3) is 0 Å². The average molecular weight is 421 g/mol. The predicted molar refractivity (Wildman–Crippen MR) is 118 cm³/mol. The number of anilines is 2. The van der Waals surface area contributed by atoms with Crippen LogP contribution in [0.5, 0.6) is 5.75 Å². The van der Waals surface area contributed by atoms with Crippen LogP contribution in [0.4, 0.5) is 11.4 Å². The topological polar surface area (TPSA) is 58.6 Å². The van der Waals surface area contributed by atoms with Crippen molar-refractivity contribution in [1.82, 2.24) is 0 Å². The summed E-state index contributed by atoms with van der Waals surface area (Å²) in [6.45, 7) is 3.94. The van der Waals surface area contributed by atoms with Gasteiger partial charge >= 0.3 is 0 Å². The Hall–Kier alpha value is -3.31. The third-order valence-electron chi connectivity index (χ3n) is 4.99. The van der Waals surface area contributed by atoms with Crippen LogP contribution >= 0.6 is 11.6 Å². The Kier molecular flexibility index (Phi) is 5.22. The quantitative estimate of drug-likeness (QED) is 0.609. The molecule has 0 spiro atoms. The molecule has 3 aromatic carbocycles. The molecule has 0 saturated heterocycles. The number of ether oxygens (including phenoxy) is 1. The molecule has 3 aromatic rings. The lowest BCUT2D eigenvalue weighted by atomic mass is 10.1. The number of rotatable bonds is 5. The molecule has 152 valence electrons. The number of halogens is 1. The fourth-order valence-corrected chi connectivity index (χ4v) is 3.44. The highest BCUT2D eigenvalue weighted by molar-refractivity contribution is 6.30. The lowest BCUT2D eigenvalue weighted by Crippen LogP contribution is -2.42. The smallest absolute Gasteiger partial charge is 0.267 e. The van der Waals surface area contributed by atoms with Crippen LogP contribution in [0.1, 0.15) is 29.8 Å². The lowest BCUT2D eigenvalue weighted by Gasteiger charge is -2.25. The summed E-state index contributed by atoms with van der Waals surface area (Å²) in [5, 5.41) is 3.47. The van der Waals surface area contributed by atoms with Crippen molar-refractivity contribution in [1.29, 1.82) is 0 Å². The summed E-state index contributed by atoms with van der Waals surface area (Å²) in [5.41, 5.74) is 2.07. The molecule has 5 nitrogen and oxygen atoms in total. The molecule has 2 amide bonds. The summed E-state index contributed by atoms with van der Waals surface area (Å²) in [6, 6.07) is 21.7. The van der Waals surface area contributed by atoms with E-state index >= 15 is 0 Å². The van der Waals surface area contributed by atoms with Crippen molar-refractivity contribution >= 4 is 34.8 Å². The van der Waals surface area contributed by atoms with Crippen molar-refractivity contribution < 1.29 is 14.3 Å². The Bertz CT molecular complexity index is 1090. The molecule has 1 N–H and O–H groups in total. The van der Waals surface area contributed by atoms with E-state index in [4.69, 9.17) is 16.3 Å². The van der Waals surface area contributed by atoms with Crippen molar-refractivity contribution in [2.24, 2.45) is 0 Å². The van der Waals surface area contributed by atoms with Crippen LogP contribution in [-0.2, 0) is 11.3 Å². The van der Waals surface area contributed by atoms with Gasteiger partial charge in [0.25, 0.3) is 11.8 Å². The maximum atomic E-state index is 12.7. The first-order chi connectivity index (χ1) is 14.3. The zero-order valence-corrected chi connectivity index (χ0v) is 17.4. The molecule has 4 rings (SSSR count). The van der Waals surface area contributed by atoms with E-state index in [1.54, 1.807) is 55.1 Å². The molecular weight excluding hydrogens is 400 g/mol. The van der Waals surface area contributed by atoms with E-state index in [2.05, 4.69) is 5.32 Å². The average Bonchev–Trinajstić information content (AvgIpc) is 3.07. The van der Waals surface area contributed by atoms with Gasteiger partial charge in [0, 0.05) is 22.0 Å². The first kappa shape index (κ1) is 20.0. The summed E-state index contributed by atoms with van der Waals surface area (Å²) in [7, 11) is 0. The molecule has 0 radical (unpaired) electrons. The third kappa shape index (κ3) is 4.02. The minimum atomic E-state index is -1.08. The van der Waals surface area contributed by atoms with E-state index in [1.165, 1.54) is 0 Å². The fourth-order valence-electron chi connectivity index (χ4n) is 3.31. The molecule has 0 unspecified atom stereocenters. The largest absolute Gasteiger partial charge is 0.478 e. The molecule has 1 heterocycles. The summed E-state index contributed by atoms with van der Waals surface area (Å²) in [5.74, 6) is 0.261. The molecule has 1 aliphatic heterocycles. The van der Waals surface area contributed by atoms with Crippen LogP contribution in [0.2, 0.25) is 5.02 Å². The third-order valence-corrected chi connectivity index (χ3v) is 5.24. The zero-order valence-electron chi connectivity index (χ0n) is 16.7. The van der Waals surface area contributed by atoms with Gasteiger partial charge in [-0.1, -0.05) is 29.8 Å². The maximum absolute atomic E-state index is 12.7. The first-order valence-corrected chi connectivity index (χ1v) is 9.97. The highest BCUT2D eigenvalue weighted by Crippen LogP contribution is 2.29. The van der Waals surface area contributed by atoms with Crippen LogP contribution in [-0.4, -0.2) is 17.4 Å². The first-order valence-electron chi connectivity index (χ1n) is 9.59. The number of hydrogen-bond donors (Lipinski definition) is 1. The van der Waals surface area contributed by atoms with Crippen LogP contribution < -0.4 is 15.0 Å². The molecule has 0 atom stereocenters. The SMILES string of the molecule is CC(C)(Oc1ccc(Cl)cc1)C(=O)Nc1ccc(N2Cc3ccccc3C2=O)cc1. The van der Waals surface area contributed by atoms with Crippen LogP contribution in [0.3, 0.4) is 0 Å². The number of fused-ring (bicyclic) bond motifs is 1. The number of nitrogens with zero attached hydrogens (tertiary/aromatic N) is 1. The van der Waals surface area contributed by atoms with Gasteiger partial charge < -0.3 is 15.0 Å². The second kappa shape index (κ2) is 7.84. The van der Waals surface area contributed by atoms with Gasteiger partial charge in [0.1, 0.15) is 5.75 Å². The summed E-state index contributed by atoms with van der Waals surface area (Å²) < 4.78 is 5.82. The predicted octanol–water partition coefficient (Wildman–Crippen LogP) is 5.30. The number of carbonyl (C=O) groups is 2. The number of benzene rings is 3. The van der Waals surface area contributed by atoms with Crippen molar-refractivity contribution in [3.63, 3.8) is 0 Å². The van der Waals surface area contributed by atoms with Gasteiger partial charge in [0.2, 0.25) is 0 Å². The fraction of sp³-hybridized carbons (Fsp3) is 0.167. The van der Waals surface area contributed by atoms with Gasteiger partial charge in [0.15, 0.2) is 5.60 Å². The maximum Gasteiger partial charge on any atom is 0.267 e. The summed E-state index contributed by atoms with van der Waals surface area (Å²) in [4.78, 5) is 27.1. The van der Waals surface area contributed by atoms with E-state index in [9.17, 15) is 9.59 Å². The van der Waals surface area contributed by atoms with Gasteiger partial charge in [0.05, 0.1) is 6.54 Å². The number of nitrogens with one attached hydrogen (secondary N) is 1.